The third-order valence-corrected chi connectivity index (χ3v) is 7.63. The van der Waals surface area contributed by atoms with E-state index < -0.39 is 5.91 Å². The zero-order valence-corrected chi connectivity index (χ0v) is 22.1. The molecule has 0 fully saturated rings. The number of carbonyl (C=O) groups is 2. The molecule has 2 aromatic heterocycles. The van der Waals surface area contributed by atoms with E-state index >= 15 is 0 Å². The summed E-state index contributed by atoms with van der Waals surface area (Å²) < 4.78 is 17.8. The molecule has 0 bridgehead atoms. The van der Waals surface area contributed by atoms with Gasteiger partial charge in [0.25, 0.3) is 5.91 Å². The maximum atomic E-state index is 12.9. The van der Waals surface area contributed by atoms with E-state index in [0.717, 1.165) is 47.0 Å². The number of furan rings is 1. The van der Waals surface area contributed by atoms with Gasteiger partial charge < -0.3 is 19.2 Å². The van der Waals surface area contributed by atoms with Gasteiger partial charge in [0, 0.05) is 9.35 Å². The molecule has 2 heterocycles. The molecule has 9 heteroatoms. The van der Waals surface area contributed by atoms with Gasteiger partial charge in [-0.1, -0.05) is 34.5 Å². The van der Waals surface area contributed by atoms with Crippen LogP contribution in [-0.2, 0) is 24.2 Å². The fraction of sp³-hybridized carbons (Fsp3) is 0.360. The Morgan fingerprint density at radius 1 is 1.24 bits per heavy atom. The molecule has 180 valence electrons. The van der Waals surface area contributed by atoms with Crippen LogP contribution in [0.1, 0.15) is 70.2 Å². The number of fused-ring (bicyclic) bond motifs is 1. The largest absolute Gasteiger partial charge is 0.484 e. The number of amides is 1. The molecule has 34 heavy (non-hydrogen) atoms. The molecule has 1 aliphatic carbocycles. The van der Waals surface area contributed by atoms with Gasteiger partial charge in [-0.25, -0.2) is 4.79 Å². The fourth-order valence-electron chi connectivity index (χ4n) is 3.68. The molecule has 1 aromatic carbocycles. The summed E-state index contributed by atoms with van der Waals surface area (Å²) in [4.78, 5) is 27.0. The quantitative estimate of drug-likeness (QED) is 0.287. The number of rotatable bonds is 8. The first-order chi connectivity index (χ1) is 16.4. The Bertz CT molecular complexity index is 1200. The third-order valence-electron chi connectivity index (χ3n) is 5.63. The number of nitrogens with one attached hydrogen (secondary N) is 1. The summed E-state index contributed by atoms with van der Waals surface area (Å²) in [5.41, 5.74) is 1.48. The zero-order chi connectivity index (χ0) is 24.2. The Morgan fingerprint density at radius 3 is 2.79 bits per heavy atom. The number of carbonyl (C=O) groups excluding carboxylic acids is 2. The van der Waals surface area contributed by atoms with Crippen molar-refractivity contribution >= 4 is 55.7 Å². The van der Waals surface area contributed by atoms with Crippen LogP contribution >= 0.6 is 38.9 Å². The molecule has 1 unspecified atom stereocenters. The summed E-state index contributed by atoms with van der Waals surface area (Å²) in [6, 6.07) is 8.58. The highest BCUT2D eigenvalue weighted by Crippen LogP contribution is 2.39. The summed E-state index contributed by atoms with van der Waals surface area (Å²) in [6.45, 7) is 3.95. The number of thiophene rings is 1. The van der Waals surface area contributed by atoms with E-state index in [1.54, 1.807) is 24.3 Å². The van der Waals surface area contributed by atoms with Gasteiger partial charge in [-0.2, -0.15) is 0 Å². The second kappa shape index (κ2) is 11.0. The first-order valence-corrected chi connectivity index (χ1v) is 13.2. The van der Waals surface area contributed by atoms with E-state index in [1.165, 1.54) is 11.3 Å². The lowest BCUT2D eigenvalue weighted by atomic mass is 9.95. The highest BCUT2D eigenvalue weighted by atomic mass is 79.9. The Kier molecular flexibility index (Phi) is 8.01. The molecule has 1 aliphatic rings. The molecular formula is C25H25BrClNO5S. The number of hydrogen-bond acceptors (Lipinski definition) is 6. The van der Waals surface area contributed by atoms with Gasteiger partial charge in [-0.15, -0.1) is 11.3 Å². The van der Waals surface area contributed by atoms with Gasteiger partial charge in [0.2, 0.25) is 0 Å². The van der Waals surface area contributed by atoms with Crippen molar-refractivity contribution in [2.45, 2.75) is 58.7 Å². The lowest BCUT2D eigenvalue weighted by Crippen LogP contribution is -2.18. The molecule has 6 nitrogen and oxygen atoms in total. The van der Waals surface area contributed by atoms with Crippen molar-refractivity contribution in [2.75, 3.05) is 5.32 Å². The van der Waals surface area contributed by atoms with E-state index in [4.69, 9.17) is 25.5 Å². The summed E-state index contributed by atoms with van der Waals surface area (Å²) in [5.74, 6) is 0.313. The number of aryl methyl sites for hydroxylation is 1. The summed E-state index contributed by atoms with van der Waals surface area (Å²) in [7, 11) is 0. The molecule has 1 amide bonds. The molecule has 0 saturated heterocycles. The van der Waals surface area contributed by atoms with Crippen LogP contribution in [0.3, 0.4) is 0 Å². The minimum atomic E-state index is -0.427. The highest BCUT2D eigenvalue weighted by molar-refractivity contribution is 9.10. The number of halogens is 2. The fourth-order valence-corrected chi connectivity index (χ4v) is 5.68. The van der Waals surface area contributed by atoms with Gasteiger partial charge in [-0.05, 0) is 74.9 Å². The van der Waals surface area contributed by atoms with Gasteiger partial charge in [0.05, 0.1) is 16.7 Å². The van der Waals surface area contributed by atoms with Crippen LogP contribution in [0.4, 0.5) is 5.00 Å². The van der Waals surface area contributed by atoms with E-state index in [1.807, 2.05) is 19.9 Å². The molecule has 0 saturated carbocycles. The van der Waals surface area contributed by atoms with E-state index in [-0.39, 0.29) is 24.4 Å². The van der Waals surface area contributed by atoms with Gasteiger partial charge in [0.1, 0.15) is 23.1 Å². The highest BCUT2D eigenvalue weighted by Gasteiger charge is 2.28. The van der Waals surface area contributed by atoms with Crippen LogP contribution in [0.25, 0.3) is 0 Å². The first kappa shape index (κ1) is 24.8. The number of benzene rings is 1. The molecular weight excluding hydrogens is 542 g/mol. The first-order valence-electron chi connectivity index (χ1n) is 11.2. The second-order valence-corrected chi connectivity index (χ2v) is 10.6. The summed E-state index contributed by atoms with van der Waals surface area (Å²) in [6.07, 6.45) is 4.34. The summed E-state index contributed by atoms with van der Waals surface area (Å²) >= 11 is 11.0. The van der Waals surface area contributed by atoms with Crippen molar-refractivity contribution in [1.29, 1.82) is 0 Å². The minimum Gasteiger partial charge on any atom is -0.484 e. The lowest BCUT2D eigenvalue weighted by molar-refractivity contribution is 0.0335. The SMILES string of the molecule is CCC(C)OC(=O)c1c(NC(=O)c2ccc(COc3ccc(Br)cc3Cl)o2)sc2c1CCCC2. The van der Waals surface area contributed by atoms with Crippen molar-refractivity contribution in [2.24, 2.45) is 0 Å². The van der Waals surface area contributed by atoms with Crippen molar-refractivity contribution < 1.29 is 23.5 Å². The normalized spacial score (nSPS) is 13.8. The predicted octanol–water partition coefficient (Wildman–Crippen LogP) is 7.42. The van der Waals surface area contributed by atoms with Gasteiger partial charge in [-0.3, -0.25) is 4.79 Å². The zero-order valence-electron chi connectivity index (χ0n) is 18.9. The molecule has 0 aliphatic heterocycles. The van der Waals surface area contributed by atoms with Crippen LogP contribution < -0.4 is 10.1 Å². The summed E-state index contributed by atoms with van der Waals surface area (Å²) in [5, 5.41) is 3.86. The van der Waals surface area contributed by atoms with E-state index in [2.05, 4.69) is 21.2 Å². The number of hydrogen-bond donors (Lipinski definition) is 1. The monoisotopic (exact) mass is 565 g/mol. The topological polar surface area (TPSA) is 77.8 Å². The average Bonchev–Trinajstić information content (AvgIpc) is 3.42. The smallest absolute Gasteiger partial charge is 0.341 e. The minimum absolute atomic E-state index is 0.119. The van der Waals surface area contributed by atoms with Crippen LogP contribution in [-0.4, -0.2) is 18.0 Å². The third kappa shape index (κ3) is 5.67. The number of esters is 1. The van der Waals surface area contributed by atoms with Crippen LogP contribution in [0.2, 0.25) is 5.02 Å². The Balaban J connectivity index is 1.48. The van der Waals surface area contributed by atoms with Crippen molar-refractivity contribution in [1.82, 2.24) is 0 Å². The molecule has 0 radical (unpaired) electrons. The van der Waals surface area contributed by atoms with Crippen molar-refractivity contribution in [3.63, 3.8) is 0 Å². The van der Waals surface area contributed by atoms with Crippen LogP contribution in [0.15, 0.2) is 39.2 Å². The average molecular weight is 567 g/mol. The molecule has 0 spiro atoms. The molecule has 1 atom stereocenters. The van der Waals surface area contributed by atoms with Crippen molar-refractivity contribution in [3.05, 3.63) is 67.4 Å². The van der Waals surface area contributed by atoms with Crippen LogP contribution in [0.5, 0.6) is 5.75 Å². The van der Waals surface area contributed by atoms with E-state index in [0.29, 0.717) is 27.1 Å². The van der Waals surface area contributed by atoms with Crippen molar-refractivity contribution in [3.8, 4) is 5.75 Å². The van der Waals surface area contributed by atoms with Crippen LogP contribution in [0, 0.1) is 0 Å². The maximum Gasteiger partial charge on any atom is 0.341 e. The lowest BCUT2D eigenvalue weighted by Gasteiger charge is -2.15. The standard InChI is InChI=1S/C25H25BrClNO5S/c1-3-14(2)32-25(30)22-17-6-4-5-7-21(17)34-24(22)28-23(29)20-11-9-16(33-20)13-31-19-10-8-15(26)12-18(19)27/h8-12,14H,3-7,13H2,1-2H3,(H,28,29). The molecule has 4 rings (SSSR count). The van der Waals surface area contributed by atoms with Gasteiger partial charge in [0.15, 0.2) is 5.76 Å². The molecule has 1 N–H and O–H groups in total. The predicted molar refractivity (Wildman–Crippen MR) is 136 cm³/mol. The Labute approximate surface area is 215 Å². The maximum absolute atomic E-state index is 12.9. The number of ether oxygens (including phenoxy) is 2. The second-order valence-electron chi connectivity index (χ2n) is 8.12. The Hall–Kier alpha value is -2.29. The Morgan fingerprint density at radius 2 is 2.03 bits per heavy atom. The number of anilines is 1. The molecule has 3 aromatic rings. The van der Waals surface area contributed by atoms with E-state index in [9.17, 15) is 9.59 Å². The van der Waals surface area contributed by atoms with Gasteiger partial charge >= 0.3 is 5.97 Å².